The molecule has 4 aromatic rings. The Morgan fingerprint density at radius 2 is 1.77 bits per heavy atom. The standard InChI is InChI=1S/C26H22F5N3O4S/c1-39(36,37)33-9-10-34(17(14-33)11-15-5-3-2-4-6-15)16-7-8-21-20(12-16)32-25(38-21)18-13-19(26(29,30)31)23(28)24(35)22(18)27/h2-8,12-13,17,35H,9-11,14H2,1H3/t17-/m1/s1. The van der Waals surface area contributed by atoms with E-state index in [9.17, 15) is 35.5 Å². The average Bonchev–Trinajstić information content (AvgIpc) is 3.30. The lowest BCUT2D eigenvalue weighted by molar-refractivity contribution is -0.140. The van der Waals surface area contributed by atoms with Crippen LogP contribution in [0.25, 0.3) is 22.6 Å². The Labute approximate surface area is 220 Å². The van der Waals surface area contributed by atoms with E-state index in [0.717, 1.165) is 11.8 Å². The predicted octanol–water partition coefficient (Wildman–Crippen LogP) is 5.19. The lowest BCUT2D eigenvalue weighted by atomic mass is 10.0. The van der Waals surface area contributed by atoms with Crippen molar-refractivity contribution >= 4 is 26.8 Å². The minimum Gasteiger partial charge on any atom is -0.503 e. The number of alkyl halides is 3. The van der Waals surface area contributed by atoms with Gasteiger partial charge < -0.3 is 14.4 Å². The average molecular weight is 568 g/mol. The number of nitrogens with zero attached hydrogens (tertiary/aromatic N) is 3. The van der Waals surface area contributed by atoms with Crippen molar-refractivity contribution in [1.82, 2.24) is 9.29 Å². The summed E-state index contributed by atoms with van der Waals surface area (Å²) in [5.41, 5.74) is -0.743. The Morgan fingerprint density at radius 1 is 1.05 bits per heavy atom. The topological polar surface area (TPSA) is 86.9 Å². The lowest BCUT2D eigenvalue weighted by Gasteiger charge is -2.42. The Kier molecular flexibility index (Phi) is 6.75. The van der Waals surface area contributed by atoms with E-state index in [1.54, 1.807) is 12.1 Å². The SMILES string of the molecule is CS(=O)(=O)N1CCN(c2ccc3oc(-c4cc(C(F)(F)F)c(F)c(O)c4F)nc3c2)[C@H](Cc2ccccc2)C1. The quantitative estimate of drug-likeness (QED) is 0.334. The van der Waals surface area contributed by atoms with Crippen molar-refractivity contribution in [2.45, 2.75) is 18.6 Å². The van der Waals surface area contributed by atoms with E-state index in [1.807, 2.05) is 35.2 Å². The van der Waals surface area contributed by atoms with Gasteiger partial charge in [-0.3, -0.25) is 0 Å². The van der Waals surface area contributed by atoms with Crippen molar-refractivity contribution in [3.63, 3.8) is 0 Å². The number of aromatic hydroxyl groups is 1. The molecule has 1 saturated heterocycles. The van der Waals surface area contributed by atoms with E-state index < -0.39 is 50.6 Å². The van der Waals surface area contributed by atoms with E-state index in [0.29, 0.717) is 18.7 Å². The number of hydrogen-bond acceptors (Lipinski definition) is 6. The third kappa shape index (κ3) is 5.28. The number of phenolic OH excluding ortho intramolecular Hbond substituents is 1. The number of halogens is 5. The van der Waals surface area contributed by atoms with Crippen molar-refractivity contribution in [2.24, 2.45) is 0 Å². The maximum Gasteiger partial charge on any atom is 0.419 e. The summed E-state index contributed by atoms with van der Waals surface area (Å²) >= 11 is 0. The molecule has 0 radical (unpaired) electrons. The second-order valence-corrected chi connectivity index (χ2v) is 11.3. The van der Waals surface area contributed by atoms with Gasteiger partial charge in [0.1, 0.15) is 5.52 Å². The normalized spacial score (nSPS) is 17.2. The lowest BCUT2D eigenvalue weighted by Crippen LogP contribution is -2.55. The molecule has 206 valence electrons. The molecule has 0 amide bonds. The summed E-state index contributed by atoms with van der Waals surface area (Å²) < 4.78 is 99.6. The molecule has 1 aliphatic heterocycles. The summed E-state index contributed by atoms with van der Waals surface area (Å²) in [4.78, 5) is 6.12. The largest absolute Gasteiger partial charge is 0.503 e. The Morgan fingerprint density at radius 3 is 2.44 bits per heavy atom. The first-order valence-electron chi connectivity index (χ1n) is 11.8. The first kappa shape index (κ1) is 26.9. The summed E-state index contributed by atoms with van der Waals surface area (Å²) in [7, 11) is -3.43. The maximum absolute atomic E-state index is 14.6. The summed E-state index contributed by atoms with van der Waals surface area (Å²) in [5.74, 6) is -6.11. The van der Waals surface area contributed by atoms with E-state index >= 15 is 0 Å². The van der Waals surface area contributed by atoms with Gasteiger partial charge in [-0.05, 0) is 36.2 Å². The number of piperazine rings is 1. The maximum atomic E-state index is 14.6. The van der Waals surface area contributed by atoms with Crippen LogP contribution in [0.15, 0.2) is 59.0 Å². The van der Waals surface area contributed by atoms with Gasteiger partial charge in [0, 0.05) is 31.4 Å². The molecule has 1 aromatic heterocycles. The molecule has 13 heteroatoms. The minimum atomic E-state index is -5.19. The van der Waals surface area contributed by atoms with Crippen LogP contribution < -0.4 is 4.90 Å². The molecule has 1 atom stereocenters. The first-order valence-corrected chi connectivity index (χ1v) is 13.6. The van der Waals surface area contributed by atoms with Crippen LogP contribution in [0.5, 0.6) is 5.75 Å². The van der Waals surface area contributed by atoms with Crippen LogP contribution in [0.1, 0.15) is 11.1 Å². The van der Waals surface area contributed by atoms with Gasteiger partial charge in [-0.25, -0.2) is 22.2 Å². The van der Waals surface area contributed by atoms with E-state index in [1.165, 1.54) is 10.4 Å². The number of oxazole rings is 1. The summed E-state index contributed by atoms with van der Waals surface area (Å²) in [6, 6.07) is 14.3. The van der Waals surface area contributed by atoms with E-state index in [-0.39, 0.29) is 36.3 Å². The van der Waals surface area contributed by atoms with Crippen molar-refractivity contribution < 1.29 is 39.9 Å². The van der Waals surface area contributed by atoms with Crippen molar-refractivity contribution in [2.75, 3.05) is 30.8 Å². The van der Waals surface area contributed by atoms with Crippen LogP contribution in [0.4, 0.5) is 27.6 Å². The van der Waals surface area contributed by atoms with Crippen molar-refractivity contribution in [3.8, 4) is 17.2 Å². The molecule has 1 aliphatic rings. The third-order valence-electron chi connectivity index (χ3n) is 6.64. The monoisotopic (exact) mass is 567 g/mol. The molecule has 0 saturated carbocycles. The zero-order valence-corrected chi connectivity index (χ0v) is 21.2. The molecular weight excluding hydrogens is 545 g/mol. The molecule has 5 rings (SSSR count). The molecule has 1 fully saturated rings. The number of phenols is 1. The molecule has 7 nitrogen and oxygen atoms in total. The molecule has 1 N–H and O–H groups in total. The molecule has 0 aliphatic carbocycles. The van der Waals surface area contributed by atoms with Crippen LogP contribution in [0.3, 0.4) is 0 Å². The van der Waals surface area contributed by atoms with Gasteiger partial charge in [0.05, 0.1) is 17.4 Å². The second kappa shape index (κ2) is 9.79. The van der Waals surface area contributed by atoms with Crippen LogP contribution in [-0.4, -0.2) is 54.7 Å². The zero-order chi connectivity index (χ0) is 28.1. The Balaban J connectivity index is 1.52. The number of rotatable bonds is 5. The molecule has 3 aromatic carbocycles. The molecule has 0 spiro atoms. The predicted molar refractivity (Wildman–Crippen MR) is 134 cm³/mol. The van der Waals surface area contributed by atoms with Crippen molar-refractivity contribution in [3.05, 3.63) is 77.4 Å². The number of benzene rings is 3. The number of sulfonamides is 1. The fraction of sp³-hybridized carbons (Fsp3) is 0.269. The second-order valence-electron chi connectivity index (χ2n) is 9.28. The van der Waals surface area contributed by atoms with E-state index in [2.05, 4.69) is 4.98 Å². The fourth-order valence-corrected chi connectivity index (χ4v) is 5.58. The van der Waals surface area contributed by atoms with Gasteiger partial charge in [0.2, 0.25) is 15.9 Å². The van der Waals surface area contributed by atoms with Crippen LogP contribution in [-0.2, 0) is 22.6 Å². The van der Waals surface area contributed by atoms with Gasteiger partial charge in [-0.15, -0.1) is 0 Å². The number of anilines is 1. The van der Waals surface area contributed by atoms with Crippen LogP contribution >= 0.6 is 0 Å². The molecule has 0 bridgehead atoms. The first-order chi connectivity index (χ1) is 18.3. The molecule has 0 unspecified atom stereocenters. The van der Waals surface area contributed by atoms with E-state index in [4.69, 9.17) is 4.42 Å². The fourth-order valence-electron chi connectivity index (χ4n) is 4.72. The number of aromatic nitrogens is 1. The smallest absolute Gasteiger partial charge is 0.419 e. The summed E-state index contributed by atoms with van der Waals surface area (Å²) in [6.45, 7) is 0.832. The summed E-state index contributed by atoms with van der Waals surface area (Å²) in [5, 5.41) is 9.64. The highest BCUT2D eigenvalue weighted by Crippen LogP contribution is 2.41. The zero-order valence-electron chi connectivity index (χ0n) is 20.4. The third-order valence-corrected chi connectivity index (χ3v) is 7.91. The minimum absolute atomic E-state index is 0.125. The summed E-state index contributed by atoms with van der Waals surface area (Å²) in [6.07, 6.45) is -3.50. The molecule has 39 heavy (non-hydrogen) atoms. The van der Waals surface area contributed by atoms with Gasteiger partial charge >= 0.3 is 6.18 Å². The van der Waals surface area contributed by atoms with Crippen molar-refractivity contribution in [1.29, 1.82) is 0 Å². The van der Waals surface area contributed by atoms with Gasteiger partial charge in [-0.2, -0.15) is 17.5 Å². The molecule has 2 heterocycles. The van der Waals surface area contributed by atoms with Crippen LogP contribution in [0.2, 0.25) is 0 Å². The molecular formula is C26H22F5N3O4S. The Bertz CT molecular complexity index is 1640. The van der Waals surface area contributed by atoms with Gasteiger partial charge in [0.15, 0.2) is 23.0 Å². The van der Waals surface area contributed by atoms with Gasteiger partial charge in [-0.1, -0.05) is 30.3 Å². The number of hydrogen-bond donors (Lipinski definition) is 1. The number of fused-ring (bicyclic) bond motifs is 1. The highest BCUT2D eigenvalue weighted by molar-refractivity contribution is 7.88. The highest BCUT2D eigenvalue weighted by Gasteiger charge is 2.38. The van der Waals surface area contributed by atoms with Gasteiger partial charge in [0.25, 0.3) is 0 Å². The van der Waals surface area contributed by atoms with Crippen LogP contribution in [0, 0.1) is 11.6 Å². The Hall–Kier alpha value is -3.71. The highest BCUT2D eigenvalue weighted by atomic mass is 32.2.